The molecule has 0 unspecified atom stereocenters. The Hall–Kier alpha value is -2.64. The van der Waals surface area contributed by atoms with Crippen molar-refractivity contribution in [3.8, 4) is 0 Å². The first-order chi connectivity index (χ1) is 16.1. The van der Waals surface area contributed by atoms with Gasteiger partial charge in [-0.25, -0.2) is 4.79 Å². The number of aromatic nitrogens is 1. The number of halogens is 1. The molecule has 1 atom stereocenters. The molecule has 33 heavy (non-hydrogen) atoms. The van der Waals surface area contributed by atoms with E-state index in [2.05, 4.69) is 34.1 Å². The average molecular weight is 470 g/mol. The van der Waals surface area contributed by atoms with Gasteiger partial charge < -0.3 is 14.6 Å². The Morgan fingerprint density at radius 3 is 2.21 bits per heavy atom. The van der Waals surface area contributed by atoms with Gasteiger partial charge in [-0.05, 0) is 55.2 Å². The first kappa shape index (κ1) is 23.5. The van der Waals surface area contributed by atoms with E-state index < -0.39 is 0 Å². The summed E-state index contributed by atoms with van der Waals surface area (Å²) in [5.41, 5.74) is 3.21. The zero-order chi connectivity index (χ0) is 23.2. The van der Waals surface area contributed by atoms with Gasteiger partial charge in [-0.1, -0.05) is 28.9 Å². The van der Waals surface area contributed by atoms with E-state index >= 15 is 0 Å². The molecule has 2 aliphatic heterocycles. The highest BCUT2D eigenvalue weighted by Crippen LogP contribution is 2.26. The second-order valence-corrected chi connectivity index (χ2v) is 9.13. The number of nitrogens with zero attached hydrogens (tertiary/aromatic N) is 5. The van der Waals surface area contributed by atoms with Crippen LogP contribution >= 0.6 is 11.6 Å². The van der Waals surface area contributed by atoms with Crippen LogP contribution in [0.5, 0.6) is 0 Å². The number of benzene rings is 1. The standard InChI is InChI=1S/C25H32ClN5O2/c1-19(20-7-11-27-12-8-20)29-15-17-31(18-16-29)25(32)30-13-9-22(10-14-30)24(28-33-2)21-3-5-23(26)6-4-21/h3-8,11-12,19,22H,9-10,13-18H2,1-2H3/t19-/m1/s1. The number of oxime groups is 1. The summed E-state index contributed by atoms with van der Waals surface area (Å²) in [7, 11) is 1.57. The predicted molar refractivity (Wildman–Crippen MR) is 130 cm³/mol. The van der Waals surface area contributed by atoms with E-state index in [9.17, 15) is 4.79 Å². The van der Waals surface area contributed by atoms with Crippen LogP contribution in [0.4, 0.5) is 4.79 Å². The smallest absolute Gasteiger partial charge is 0.320 e. The fourth-order valence-electron chi connectivity index (χ4n) is 4.78. The Morgan fingerprint density at radius 2 is 1.61 bits per heavy atom. The summed E-state index contributed by atoms with van der Waals surface area (Å²) in [5, 5.41) is 5.01. The van der Waals surface area contributed by atoms with Crippen LogP contribution < -0.4 is 0 Å². The van der Waals surface area contributed by atoms with Crippen molar-refractivity contribution in [2.24, 2.45) is 11.1 Å². The van der Waals surface area contributed by atoms with Gasteiger partial charge >= 0.3 is 6.03 Å². The minimum atomic E-state index is 0.154. The second-order valence-electron chi connectivity index (χ2n) is 8.69. The number of hydrogen-bond acceptors (Lipinski definition) is 5. The molecule has 0 bridgehead atoms. The Bertz CT molecular complexity index is 937. The number of urea groups is 1. The number of carbonyl (C=O) groups excluding carboxylic acids is 1. The molecular formula is C25H32ClN5O2. The van der Waals surface area contributed by atoms with Gasteiger partial charge in [-0.2, -0.15) is 0 Å². The minimum Gasteiger partial charge on any atom is -0.399 e. The van der Waals surface area contributed by atoms with Crippen LogP contribution in [0.3, 0.4) is 0 Å². The van der Waals surface area contributed by atoms with Crippen LogP contribution in [0.15, 0.2) is 53.9 Å². The summed E-state index contributed by atoms with van der Waals surface area (Å²) in [6.45, 7) is 6.96. The maximum absolute atomic E-state index is 13.2. The lowest BCUT2D eigenvalue weighted by Crippen LogP contribution is -2.54. The third-order valence-corrected chi connectivity index (χ3v) is 7.05. The van der Waals surface area contributed by atoms with E-state index in [1.807, 2.05) is 46.5 Å². The van der Waals surface area contributed by atoms with Crippen LogP contribution in [0, 0.1) is 5.92 Å². The number of likely N-dealkylation sites (tertiary alicyclic amines) is 1. The third kappa shape index (κ3) is 5.65. The predicted octanol–water partition coefficient (Wildman–Crippen LogP) is 4.30. The van der Waals surface area contributed by atoms with Crippen LogP contribution in [0.1, 0.15) is 36.9 Å². The molecule has 7 nitrogen and oxygen atoms in total. The van der Waals surface area contributed by atoms with Crippen molar-refractivity contribution in [3.63, 3.8) is 0 Å². The maximum atomic E-state index is 13.2. The second kappa shape index (κ2) is 11.0. The van der Waals surface area contributed by atoms with E-state index in [-0.39, 0.29) is 11.9 Å². The molecule has 0 aliphatic carbocycles. The number of pyridine rings is 1. The lowest BCUT2D eigenvalue weighted by Gasteiger charge is -2.41. The van der Waals surface area contributed by atoms with Crippen molar-refractivity contribution < 1.29 is 9.63 Å². The fourth-order valence-corrected chi connectivity index (χ4v) is 4.91. The Kier molecular flexibility index (Phi) is 7.83. The van der Waals surface area contributed by atoms with Crippen LogP contribution in [0.2, 0.25) is 5.02 Å². The summed E-state index contributed by atoms with van der Waals surface area (Å²) in [6, 6.07) is 12.3. The summed E-state index contributed by atoms with van der Waals surface area (Å²) in [4.78, 5) is 28.8. The minimum absolute atomic E-state index is 0.154. The average Bonchev–Trinajstić information content (AvgIpc) is 2.88. The lowest BCUT2D eigenvalue weighted by atomic mass is 9.88. The van der Waals surface area contributed by atoms with Gasteiger partial charge in [0, 0.05) is 68.6 Å². The Morgan fingerprint density at radius 1 is 1.00 bits per heavy atom. The van der Waals surface area contributed by atoms with E-state index in [1.54, 1.807) is 7.11 Å². The number of piperidine rings is 1. The molecule has 0 spiro atoms. The van der Waals surface area contributed by atoms with Crippen LogP contribution in [-0.2, 0) is 4.84 Å². The summed E-state index contributed by atoms with van der Waals surface area (Å²) < 4.78 is 0. The molecule has 0 saturated carbocycles. The number of carbonyl (C=O) groups is 1. The van der Waals surface area contributed by atoms with Gasteiger partial charge in [-0.15, -0.1) is 0 Å². The number of piperazine rings is 1. The SMILES string of the molecule is CON=C(c1ccc(Cl)cc1)C1CCN(C(=O)N2CCN([C@H](C)c3ccncc3)CC2)CC1. The lowest BCUT2D eigenvalue weighted by molar-refractivity contribution is 0.0891. The zero-order valence-corrected chi connectivity index (χ0v) is 20.1. The van der Waals surface area contributed by atoms with E-state index in [4.69, 9.17) is 16.4 Å². The molecule has 8 heteroatoms. The van der Waals surface area contributed by atoms with Gasteiger partial charge in [0.15, 0.2) is 0 Å². The van der Waals surface area contributed by atoms with Crippen molar-refractivity contribution in [2.75, 3.05) is 46.4 Å². The van der Waals surface area contributed by atoms with E-state index in [1.165, 1.54) is 5.56 Å². The monoisotopic (exact) mass is 469 g/mol. The van der Waals surface area contributed by atoms with E-state index in [0.717, 1.165) is 63.4 Å². The number of hydrogen-bond donors (Lipinski definition) is 0. The van der Waals surface area contributed by atoms with Gasteiger partial charge in [-0.3, -0.25) is 9.88 Å². The topological polar surface area (TPSA) is 61.3 Å². The third-order valence-electron chi connectivity index (χ3n) is 6.80. The molecule has 2 aliphatic rings. The largest absolute Gasteiger partial charge is 0.399 e. The Labute approximate surface area is 201 Å². The Balaban J connectivity index is 1.29. The van der Waals surface area contributed by atoms with Crippen LogP contribution in [0.25, 0.3) is 0 Å². The quantitative estimate of drug-likeness (QED) is 0.484. The number of amides is 2. The van der Waals surface area contributed by atoms with Crippen molar-refractivity contribution in [1.29, 1.82) is 0 Å². The first-order valence-corrected chi connectivity index (χ1v) is 12.0. The van der Waals surface area contributed by atoms with Crippen molar-refractivity contribution >= 4 is 23.3 Å². The molecule has 1 aromatic carbocycles. The molecule has 3 heterocycles. The summed E-state index contributed by atoms with van der Waals surface area (Å²) in [5.74, 6) is 0.258. The van der Waals surface area contributed by atoms with Gasteiger partial charge in [0.2, 0.25) is 0 Å². The molecule has 0 N–H and O–H groups in total. The molecule has 2 amide bonds. The molecule has 2 fully saturated rings. The molecular weight excluding hydrogens is 438 g/mol. The highest BCUT2D eigenvalue weighted by Gasteiger charge is 2.31. The molecule has 0 radical (unpaired) electrons. The maximum Gasteiger partial charge on any atom is 0.320 e. The molecule has 176 valence electrons. The fraction of sp³-hybridized carbons (Fsp3) is 0.480. The normalized spacial score (nSPS) is 19.4. The molecule has 1 aromatic heterocycles. The highest BCUT2D eigenvalue weighted by atomic mass is 35.5. The van der Waals surface area contributed by atoms with Crippen molar-refractivity contribution in [2.45, 2.75) is 25.8 Å². The van der Waals surface area contributed by atoms with Gasteiger partial charge in [0.05, 0.1) is 5.71 Å². The molecule has 2 saturated heterocycles. The molecule has 4 rings (SSSR count). The summed E-state index contributed by atoms with van der Waals surface area (Å²) >= 11 is 6.04. The van der Waals surface area contributed by atoms with E-state index in [0.29, 0.717) is 11.1 Å². The van der Waals surface area contributed by atoms with Gasteiger partial charge in [0.1, 0.15) is 7.11 Å². The number of rotatable bonds is 5. The zero-order valence-electron chi connectivity index (χ0n) is 19.4. The summed E-state index contributed by atoms with van der Waals surface area (Å²) in [6.07, 6.45) is 5.42. The molecule has 2 aromatic rings. The van der Waals surface area contributed by atoms with Crippen LogP contribution in [-0.4, -0.2) is 77.8 Å². The van der Waals surface area contributed by atoms with Gasteiger partial charge in [0.25, 0.3) is 0 Å². The highest BCUT2D eigenvalue weighted by molar-refractivity contribution is 6.30. The first-order valence-electron chi connectivity index (χ1n) is 11.6. The van der Waals surface area contributed by atoms with Crippen molar-refractivity contribution in [1.82, 2.24) is 19.7 Å². The van der Waals surface area contributed by atoms with Crippen molar-refractivity contribution in [3.05, 3.63) is 64.9 Å².